The van der Waals surface area contributed by atoms with Crippen molar-refractivity contribution in [1.29, 1.82) is 0 Å². The normalized spacial score (nSPS) is 15.3. The molecule has 0 unspecified atom stereocenters. The van der Waals surface area contributed by atoms with Crippen LogP contribution < -0.4 is 10.0 Å². The number of benzene rings is 1. The van der Waals surface area contributed by atoms with Gasteiger partial charge >= 0.3 is 0 Å². The van der Waals surface area contributed by atoms with Crippen LogP contribution in [0.15, 0.2) is 35.5 Å². The third kappa shape index (κ3) is 1.95. The van der Waals surface area contributed by atoms with Gasteiger partial charge in [0.1, 0.15) is 4.90 Å². The first-order chi connectivity index (χ1) is 9.09. The number of fused-ring (bicyclic) bond motifs is 1. The van der Waals surface area contributed by atoms with E-state index in [0.717, 1.165) is 18.4 Å². The molecule has 3 N–H and O–H groups in total. The molecule has 1 aliphatic heterocycles. The van der Waals surface area contributed by atoms with E-state index in [0.29, 0.717) is 17.9 Å². The highest BCUT2D eigenvalue weighted by atomic mass is 32.2. The van der Waals surface area contributed by atoms with E-state index in [-0.39, 0.29) is 4.90 Å². The molecule has 0 spiro atoms. The lowest BCUT2D eigenvalue weighted by Crippen LogP contribution is -2.35. The number of sulfonamides is 1. The number of anilines is 2. The van der Waals surface area contributed by atoms with Crippen LogP contribution in [0.2, 0.25) is 0 Å². The minimum absolute atomic E-state index is 0.178. The highest BCUT2D eigenvalue weighted by Crippen LogP contribution is 2.32. The molecule has 1 aliphatic rings. The fourth-order valence-electron chi connectivity index (χ4n) is 2.34. The Balaban J connectivity index is 2.10. The molecule has 100 valence electrons. The second kappa shape index (κ2) is 4.27. The predicted molar refractivity (Wildman–Crippen MR) is 72.3 cm³/mol. The lowest BCUT2D eigenvalue weighted by molar-refractivity contribution is 0.586. The summed E-state index contributed by atoms with van der Waals surface area (Å²) >= 11 is 0. The molecule has 0 amide bonds. The Hall–Kier alpha value is -2.02. The van der Waals surface area contributed by atoms with Crippen LogP contribution in [0.5, 0.6) is 0 Å². The van der Waals surface area contributed by atoms with Crippen LogP contribution in [0.25, 0.3) is 0 Å². The molecular formula is C12H14N4O2S. The Morgan fingerprint density at radius 3 is 2.95 bits per heavy atom. The number of nitrogens with zero attached hydrogens (tertiary/aromatic N) is 2. The predicted octanol–water partition coefficient (Wildman–Crippen LogP) is 1.13. The van der Waals surface area contributed by atoms with Gasteiger partial charge in [-0.25, -0.2) is 8.42 Å². The number of hydrogen-bond acceptors (Lipinski definition) is 4. The fraction of sp³-hybridized carbons (Fsp3) is 0.250. The summed E-state index contributed by atoms with van der Waals surface area (Å²) in [4.78, 5) is 0.178. The van der Waals surface area contributed by atoms with Crippen molar-refractivity contribution in [1.82, 2.24) is 10.2 Å². The zero-order valence-corrected chi connectivity index (χ0v) is 11.0. The molecular weight excluding hydrogens is 264 g/mol. The Kier molecular flexibility index (Phi) is 2.70. The molecule has 1 aromatic heterocycles. The van der Waals surface area contributed by atoms with Gasteiger partial charge in [-0.15, -0.1) is 0 Å². The van der Waals surface area contributed by atoms with Gasteiger partial charge in [0.15, 0.2) is 0 Å². The molecule has 19 heavy (non-hydrogen) atoms. The van der Waals surface area contributed by atoms with Crippen LogP contribution in [0.1, 0.15) is 12.0 Å². The third-order valence-corrected chi connectivity index (χ3v) is 5.02. The van der Waals surface area contributed by atoms with Gasteiger partial charge in [-0.3, -0.25) is 9.40 Å². The standard InChI is InChI=1S/C12H14N4O2S/c13-10-3-4-12-9(6-10)2-1-5-16(12)19(17,18)11-7-14-15-8-11/h3-4,6-8H,1-2,5,13H2,(H,14,15). The Bertz CT molecular complexity index is 695. The molecule has 3 rings (SSSR count). The highest BCUT2D eigenvalue weighted by Gasteiger charge is 2.29. The maximum Gasteiger partial charge on any atom is 0.267 e. The van der Waals surface area contributed by atoms with Crippen LogP contribution in [0, 0.1) is 0 Å². The molecule has 0 fully saturated rings. The number of aromatic nitrogens is 2. The topological polar surface area (TPSA) is 92.1 Å². The molecule has 2 heterocycles. The summed E-state index contributed by atoms with van der Waals surface area (Å²) in [5, 5.41) is 6.23. The van der Waals surface area contributed by atoms with Crippen LogP contribution in [0.4, 0.5) is 11.4 Å². The van der Waals surface area contributed by atoms with Crippen molar-refractivity contribution in [2.75, 3.05) is 16.6 Å². The molecule has 0 aliphatic carbocycles. The Morgan fingerprint density at radius 1 is 1.37 bits per heavy atom. The van der Waals surface area contributed by atoms with Gasteiger partial charge in [0, 0.05) is 18.4 Å². The van der Waals surface area contributed by atoms with Crippen LogP contribution >= 0.6 is 0 Å². The number of H-pyrrole nitrogens is 1. The second-order valence-electron chi connectivity index (χ2n) is 4.50. The maximum absolute atomic E-state index is 12.5. The molecule has 0 atom stereocenters. The lowest BCUT2D eigenvalue weighted by atomic mass is 10.0. The molecule has 0 saturated carbocycles. The molecule has 0 bridgehead atoms. The summed E-state index contributed by atoms with van der Waals surface area (Å²) in [7, 11) is -3.55. The van der Waals surface area contributed by atoms with E-state index in [1.807, 2.05) is 6.07 Å². The van der Waals surface area contributed by atoms with Gasteiger partial charge in [-0.1, -0.05) is 0 Å². The smallest absolute Gasteiger partial charge is 0.267 e. The molecule has 0 radical (unpaired) electrons. The summed E-state index contributed by atoms with van der Waals surface area (Å²) in [5.41, 5.74) is 8.08. The summed E-state index contributed by atoms with van der Waals surface area (Å²) in [6.45, 7) is 0.477. The van der Waals surface area contributed by atoms with E-state index >= 15 is 0 Å². The molecule has 6 nitrogen and oxygen atoms in total. The monoisotopic (exact) mass is 278 g/mol. The molecule has 2 aromatic rings. The van der Waals surface area contributed by atoms with E-state index in [4.69, 9.17) is 5.73 Å². The maximum atomic E-state index is 12.5. The van der Waals surface area contributed by atoms with E-state index in [9.17, 15) is 8.42 Å². The quantitative estimate of drug-likeness (QED) is 0.805. The van der Waals surface area contributed by atoms with E-state index in [1.165, 1.54) is 16.7 Å². The van der Waals surface area contributed by atoms with Gasteiger partial charge in [-0.2, -0.15) is 5.10 Å². The van der Waals surface area contributed by atoms with Gasteiger partial charge < -0.3 is 5.73 Å². The van der Waals surface area contributed by atoms with Gasteiger partial charge in [0.25, 0.3) is 10.0 Å². The first-order valence-corrected chi connectivity index (χ1v) is 7.43. The van der Waals surface area contributed by atoms with Crippen molar-refractivity contribution in [3.8, 4) is 0 Å². The van der Waals surface area contributed by atoms with Crippen molar-refractivity contribution in [3.05, 3.63) is 36.2 Å². The lowest BCUT2D eigenvalue weighted by Gasteiger charge is -2.30. The van der Waals surface area contributed by atoms with Gasteiger partial charge in [0.2, 0.25) is 0 Å². The Morgan fingerprint density at radius 2 is 2.21 bits per heavy atom. The summed E-state index contributed by atoms with van der Waals surface area (Å²) in [6.07, 6.45) is 4.34. The van der Waals surface area contributed by atoms with Crippen LogP contribution in [-0.2, 0) is 16.4 Å². The molecule has 0 saturated heterocycles. The van der Waals surface area contributed by atoms with E-state index in [1.54, 1.807) is 12.1 Å². The third-order valence-electron chi connectivity index (χ3n) is 3.24. The minimum Gasteiger partial charge on any atom is -0.399 e. The van der Waals surface area contributed by atoms with Crippen molar-refractivity contribution >= 4 is 21.4 Å². The number of hydrogen-bond donors (Lipinski definition) is 2. The number of nitrogens with one attached hydrogen (secondary N) is 1. The summed E-state index contributed by atoms with van der Waals surface area (Å²) in [5.74, 6) is 0. The van der Waals surface area contributed by atoms with Crippen molar-refractivity contribution in [2.24, 2.45) is 0 Å². The zero-order chi connectivity index (χ0) is 13.5. The van der Waals surface area contributed by atoms with Gasteiger partial charge in [0.05, 0.1) is 11.9 Å². The number of aromatic amines is 1. The highest BCUT2D eigenvalue weighted by molar-refractivity contribution is 7.92. The first-order valence-electron chi connectivity index (χ1n) is 5.99. The van der Waals surface area contributed by atoms with E-state index in [2.05, 4.69) is 10.2 Å². The molecule has 1 aromatic carbocycles. The minimum atomic E-state index is -3.55. The van der Waals surface area contributed by atoms with Crippen molar-refractivity contribution in [2.45, 2.75) is 17.7 Å². The number of aryl methyl sites for hydroxylation is 1. The first kappa shape index (κ1) is 12.0. The van der Waals surface area contributed by atoms with Gasteiger partial charge in [-0.05, 0) is 36.6 Å². The van der Waals surface area contributed by atoms with E-state index < -0.39 is 10.0 Å². The second-order valence-corrected chi connectivity index (χ2v) is 6.37. The van der Waals surface area contributed by atoms with Crippen LogP contribution in [0.3, 0.4) is 0 Å². The number of nitrogens with two attached hydrogens (primary N) is 1. The van der Waals surface area contributed by atoms with Crippen molar-refractivity contribution in [3.63, 3.8) is 0 Å². The zero-order valence-electron chi connectivity index (χ0n) is 10.2. The number of rotatable bonds is 2. The average Bonchev–Trinajstić information content (AvgIpc) is 2.92. The summed E-state index contributed by atoms with van der Waals surface area (Å²) in [6, 6.07) is 5.33. The largest absolute Gasteiger partial charge is 0.399 e. The molecule has 7 heteroatoms. The average molecular weight is 278 g/mol. The Labute approximate surface area is 111 Å². The van der Waals surface area contributed by atoms with Crippen LogP contribution in [-0.4, -0.2) is 25.2 Å². The SMILES string of the molecule is Nc1ccc2c(c1)CCCN2S(=O)(=O)c1cn[nH]c1. The fourth-order valence-corrected chi connectivity index (χ4v) is 3.79. The van der Waals surface area contributed by atoms with Crippen molar-refractivity contribution < 1.29 is 8.42 Å². The number of nitrogen functional groups attached to an aromatic ring is 1. The summed E-state index contributed by atoms with van der Waals surface area (Å²) < 4.78 is 26.5.